The molecule has 56 valence electrons. The molecule has 0 bridgehead atoms. The van der Waals surface area contributed by atoms with Crippen molar-refractivity contribution in [2.45, 2.75) is 26.3 Å². The summed E-state index contributed by atoms with van der Waals surface area (Å²) in [5.74, 6) is 0.267. The lowest BCUT2D eigenvalue weighted by Crippen LogP contribution is -2.42. The fraction of sp³-hybridized carbons (Fsp3) is 0.625. The zero-order valence-electron chi connectivity index (χ0n) is 6.48. The zero-order valence-corrected chi connectivity index (χ0v) is 6.48. The first-order valence-corrected chi connectivity index (χ1v) is 3.59. The molecule has 2 atom stereocenters. The second-order valence-corrected chi connectivity index (χ2v) is 2.99. The smallest absolute Gasteiger partial charge is 0.223 e. The Morgan fingerprint density at radius 1 is 1.60 bits per heavy atom. The van der Waals surface area contributed by atoms with Gasteiger partial charge in [-0.3, -0.25) is 4.79 Å². The maximum absolute atomic E-state index is 11.0. The fourth-order valence-electron chi connectivity index (χ4n) is 1.12. The molecule has 0 aliphatic carbocycles. The van der Waals surface area contributed by atoms with Gasteiger partial charge in [-0.2, -0.15) is 0 Å². The first kappa shape index (κ1) is 7.32. The van der Waals surface area contributed by atoms with Crippen molar-refractivity contribution in [1.29, 1.82) is 0 Å². The van der Waals surface area contributed by atoms with Gasteiger partial charge in [0.2, 0.25) is 5.91 Å². The lowest BCUT2D eigenvalue weighted by Gasteiger charge is -2.26. The Bertz CT molecular complexity index is 154. The monoisotopic (exact) mass is 139 g/mol. The molecule has 0 radical (unpaired) electrons. The van der Waals surface area contributed by atoms with Crippen molar-refractivity contribution < 1.29 is 4.79 Å². The number of hydrogen-bond donors (Lipinski definition) is 1. The summed E-state index contributed by atoms with van der Waals surface area (Å²) in [6.07, 6.45) is 0.840. The van der Waals surface area contributed by atoms with Crippen LogP contribution in [0, 0.1) is 5.92 Å². The van der Waals surface area contributed by atoms with Crippen molar-refractivity contribution in [2.24, 2.45) is 5.92 Å². The highest BCUT2D eigenvalue weighted by atomic mass is 16.2. The molecule has 0 aromatic rings. The molecular formula is C8H13NO. The van der Waals surface area contributed by atoms with Gasteiger partial charge in [0.25, 0.3) is 0 Å². The fourth-order valence-corrected chi connectivity index (χ4v) is 1.12. The lowest BCUT2D eigenvalue weighted by molar-refractivity contribution is -0.125. The Hall–Kier alpha value is -0.790. The van der Waals surface area contributed by atoms with E-state index in [1.165, 1.54) is 0 Å². The van der Waals surface area contributed by atoms with Crippen LogP contribution < -0.4 is 5.32 Å². The van der Waals surface area contributed by atoms with Gasteiger partial charge in [-0.15, -0.1) is 0 Å². The Balaban J connectivity index is 2.63. The van der Waals surface area contributed by atoms with Gasteiger partial charge < -0.3 is 5.32 Å². The van der Waals surface area contributed by atoms with Crippen LogP contribution in [0.25, 0.3) is 0 Å². The maximum Gasteiger partial charge on any atom is 0.223 e. The van der Waals surface area contributed by atoms with E-state index in [2.05, 4.69) is 11.9 Å². The Labute approximate surface area is 61.3 Å². The van der Waals surface area contributed by atoms with E-state index in [0.717, 1.165) is 12.0 Å². The normalized spacial score (nSPS) is 33.8. The number of carbonyl (C=O) groups is 1. The first-order chi connectivity index (χ1) is 4.61. The summed E-state index contributed by atoms with van der Waals surface area (Å²) < 4.78 is 0. The summed E-state index contributed by atoms with van der Waals surface area (Å²) in [5, 5.41) is 2.84. The second kappa shape index (κ2) is 2.45. The minimum absolute atomic E-state index is 0.115. The minimum atomic E-state index is 0.115. The molecule has 0 aromatic heterocycles. The van der Waals surface area contributed by atoms with Gasteiger partial charge in [0, 0.05) is 12.0 Å². The van der Waals surface area contributed by atoms with Gasteiger partial charge in [-0.05, 0) is 13.3 Å². The van der Waals surface area contributed by atoms with Crippen LogP contribution in [0.1, 0.15) is 20.3 Å². The highest BCUT2D eigenvalue weighted by Crippen LogP contribution is 2.18. The molecule has 0 saturated carbocycles. The van der Waals surface area contributed by atoms with Crippen molar-refractivity contribution in [1.82, 2.24) is 5.32 Å². The Morgan fingerprint density at radius 2 is 2.20 bits per heavy atom. The molecule has 0 aromatic carbocycles. The van der Waals surface area contributed by atoms with Gasteiger partial charge >= 0.3 is 0 Å². The quantitative estimate of drug-likeness (QED) is 0.500. The number of carbonyl (C=O) groups excluding carboxylic acids is 1. The highest BCUT2D eigenvalue weighted by molar-refractivity contribution is 5.80. The number of rotatable bonds is 0. The average molecular weight is 139 g/mol. The van der Waals surface area contributed by atoms with E-state index >= 15 is 0 Å². The second-order valence-electron chi connectivity index (χ2n) is 2.99. The third-order valence-electron chi connectivity index (χ3n) is 1.99. The van der Waals surface area contributed by atoms with Gasteiger partial charge in [0.05, 0.1) is 0 Å². The van der Waals surface area contributed by atoms with Crippen LogP contribution >= 0.6 is 0 Å². The largest absolute Gasteiger partial charge is 0.350 e. The lowest BCUT2D eigenvalue weighted by atomic mass is 9.92. The number of nitrogens with one attached hydrogen (secondary N) is 1. The van der Waals surface area contributed by atoms with Crippen LogP contribution in [0.15, 0.2) is 12.2 Å². The van der Waals surface area contributed by atoms with Crippen molar-refractivity contribution in [3.05, 3.63) is 12.2 Å². The molecule has 1 rings (SSSR count). The molecule has 2 heteroatoms. The van der Waals surface area contributed by atoms with E-state index in [0.29, 0.717) is 0 Å². The molecule has 10 heavy (non-hydrogen) atoms. The predicted molar refractivity (Wildman–Crippen MR) is 40.5 cm³/mol. The van der Waals surface area contributed by atoms with Crippen LogP contribution in [0.2, 0.25) is 0 Å². The molecule has 1 aliphatic rings. The third kappa shape index (κ3) is 1.20. The van der Waals surface area contributed by atoms with Crippen LogP contribution in [-0.4, -0.2) is 11.9 Å². The molecule has 2 unspecified atom stereocenters. The number of piperidine rings is 1. The summed E-state index contributed by atoms with van der Waals surface area (Å²) in [7, 11) is 0. The molecule has 1 N–H and O–H groups in total. The van der Waals surface area contributed by atoms with Gasteiger partial charge in [0.1, 0.15) is 0 Å². The van der Waals surface area contributed by atoms with Crippen molar-refractivity contribution in [2.75, 3.05) is 0 Å². The van der Waals surface area contributed by atoms with E-state index in [-0.39, 0.29) is 17.9 Å². The van der Waals surface area contributed by atoms with Crippen molar-refractivity contribution in [3.8, 4) is 0 Å². The van der Waals surface area contributed by atoms with Crippen LogP contribution in [-0.2, 0) is 4.79 Å². The molecule has 1 aliphatic heterocycles. The standard InChI is InChI=1S/C8H13NO/c1-5-4-6(2)8(10)9-7(5)3/h6-7H,1,4H2,2-3H3,(H,9,10). The summed E-state index contributed by atoms with van der Waals surface area (Å²) in [4.78, 5) is 11.0. The minimum Gasteiger partial charge on any atom is -0.350 e. The molecule has 0 spiro atoms. The summed E-state index contributed by atoms with van der Waals surface area (Å²) in [5.41, 5.74) is 1.13. The van der Waals surface area contributed by atoms with Gasteiger partial charge in [0.15, 0.2) is 0 Å². The number of hydrogen-bond acceptors (Lipinski definition) is 1. The van der Waals surface area contributed by atoms with Gasteiger partial charge in [-0.1, -0.05) is 19.1 Å². The molecule has 1 heterocycles. The van der Waals surface area contributed by atoms with E-state index in [1.54, 1.807) is 0 Å². The summed E-state index contributed by atoms with van der Waals surface area (Å²) in [6.45, 7) is 7.75. The van der Waals surface area contributed by atoms with E-state index in [4.69, 9.17) is 0 Å². The van der Waals surface area contributed by atoms with E-state index < -0.39 is 0 Å². The SMILES string of the molecule is C=C1CC(C)C(=O)NC1C. The molecular weight excluding hydrogens is 126 g/mol. The Morgan fingerprint density at radius 3 is 2.70 bits per heavy atom. The highest BCUT2D eigenvalue weighted by Gasteiger charge is 2.23. The first-order valence-electron chi connectivity index (χ1n) is 3.59. The summed E-state index contributed by atoms with van der Waals surface area (Å²) >= 11 is 0. The topological polar surface area (TPSA) is 29.1 Å². The van der Waals surface area contributed by atoms with Crippen molar-refractivity contribution >= 4 is 5.91 Å². The maximum atomic E-state index is 11.0. The van der Waals surface area contributed by atoms with Gasteiger partial charge in [-0.25, -0.2) is 0 Å². The molecule has 1 fully saturated rings. The molecule has 1 saturated heterocycles. The average Bonchev–Trinajstić information content (AvgIpc) is 1.84. The third-order valence-corrected chi connectivity index (χ3v) is 1.99. The summed E-state index contributed by atoms with van der Waals surface area (Å²) in [6, 6.07) is 0.170. The van der Waals surface area contributed by atoms with Crippen molar-refractivity contribution in [3.63, 3.8) is 0 Å². The van der Waals surface area contributed by atoms with Crippen LogP contribution in [0.4, 0.5) is 0 Å². The van der Waals surface area contributed by atoms with E-state index in [9.17, 15) is 4.79 Å². The number of amides is 1. The Kier molecular flexibility index (Phi) is 1.79. The molecule has 1 amide bonds. The zero-order chi connectivity index (χ0) is 7.72. The van der Waals surface area contributed by atoms with E-state index in [1.807, 2.05) is 13.8 Å². The predicted octanol–water partition coefficient (Wildman–Crippen LogP) is 1.09. The van der Waals surface area contributed by atoms with Crippen LogP contribution in [0.5, 0.6) is 0 Å². The molecule has 2 nitrogen and oxygen atoms in total. The van der Waals surface area contributed by atoms with Crippen LogP contribution in [0.3, 0.4) is 0 Å².